The van der Waals surface area contributed by atoms with E-state index < -0.39 is 0 Å². The van der Waals surface area contributed by atoms with Crippen LogP contribution in [0.2, 0.25) is 0 Å². The Morgan fingerprint density at radius 2 is 1.29 bits per heavy atom. The molecule has 0 heterocycles. The number of thioether (sulfide) groups is 2. The smallest absolute Gasteiger partial charge is 0.303 e. The Balaban J connectivity index is 1.83. The lowest BCUT2D eigenvalue weighted by atomic mass is 9.99. The molecule has 0 saturated heterocycles. The van der Waals surface area contributed by atoms with E-state index in [2.05, 4.69) is 68.5 Å². The Labute approximate surface area is 194 Å². The van der Waals surface area contributed by atoms with Crippen molar-refractivity contribution in [3.8, 4) is 0 Å². The second-order valence-corrected chi connectivity index (χ2v) is 10.00. The van der Waals surface area contributed by atoms with Crippen molar-refractivity contribution in [3.63, 3.8) is 0 Å². The fourth-order valence-corrected chi connectivity index (χ4v) is 5.22. The lowest BCUT2D eigenvalue weighted by Gasteiger charge is -2.18. The lowest BCUT2D eigenvalue weighted by Crippen LogP contribution is -2.08. The third kappa shape index (κ3) is 7.64. The van der Waals surface area contributed by atoms with Crippen molar-refractivity contribution >= 4 is 29.5 Å². The van der Waals surface area contributed by atoms with Crippen LogP contribution in [0.25, 0.3) is 0 Å². The molecule has 1 atom stereocenters. The first-order valence-electron chi connectivity index (χ1n) is 10.4. The Morgan fingerprint density at radius 1 is 0.806 bits per heavy atom. The molecule has 0 aromatic heterocycles. The molecule has 31 heavy (non-hydrogen) atoms. The zero-order valence-corrected chi connectivity index (χ0v) is 19.8. The highest BCUT2D eigenvalue weighted by Gasteiger charge is 2.15. The summed E-state index contributed by atoms with van der Waals surface area (Å²) >= 11 is 3.46. The first-order valence-corrected chi connectivity index (χ1v) is 12.1. The first-order chi connectivity index (χ1) is 15.0. The minimum Gasteiger partial charge on any atom is -0.457 e. The number of rotatable bonds is 9. The molecule has 0 amide bonds. The number of ether oxygens (including phenoxy) is 1. The molecule has 4 heteroatoms. The van der Waals surface area contributed by atoms with Crippen LogP contribution in [0.1, 0.15) is 50.3 Å². The van der Waals surface area contributed by atoms with Gasteiger partial charge in [-0.25, -0.2) is 0 Å². The van der Waals surface area contributed by atoms with Crippen LogP contribution in [0.3, 0.4) is 0 Å². The van der Waals surface area contributed by atoms with Gasteiger partial charge in [-0.2, -0.15) is 0 Å². The number of esters is 1. The highest BCUT2D eigenvalue weighted by atomic mass is 32.2. The van der Waals surface area contributed by atoms with Crippen molar-refractivity contribution in [1.29, 1.82) is 0 Å². The molecule has 0 radical (unpaired) electrons. The van der Waals surface area contributed by atoms with Gasteiger partial charge in [-0.3, -0.25) is 4.79 Å². The molecule has 3 aromatic carbocycles. The highest BCUT2D eigenvalue weighted by molar-refractivity contribution is 8.22. The van der Waals surface area contributed by atoms with Gasteiger partial charge < -0.3 is 4.74 Å². The topological polar surface area (TPSA) is 26.3 Å². The highest BCUT2D eigenvalue weighted by Crippen LogP contribution is 2.40. The molecule has 0 aliphatic rings. The fraction of sp³-hybridized carbons (Fsp3) is 0.222. The van der Waals surface area contributed by atoms with Crippen LogP contribution in [0.4, 0.5) is 0 Å². The molecule has 0 bridgehead atoms. The SMILES string of the molecule is CC(=O)O[C@@H](CC=C(Sc1ccccc1)Sc1ccccc1)c1ccc(C(C)C)cc1. The molecule has 3 aromatic rings. The van der Waals surface area contributed by atoms with Gasteiger partial charge >= 0.3 is 5.97 Å². The van der Waals surface area contributed by atoms with Gasteiger partial charge in [0, 0.05) is 27.4 Å². The summed E-state index contributed by atoms with van der Waals surface area (Å²) in [5.41, 5.74) is 2.30. The second-order valence-electron chi connectivity index (χ2n) is 7.51. The maximum Gasteiger partial charge on any atom is 0.303 e. The Kier molecular flexibility index (Phi) is 8.86. The molecule has 2 nitrogen and oxygen atoms in total. The fourth-order valence-electron chi connectivity index (χ4n) is 3.06. The Morgan fingerprint density at radius 3 is 1.74 bits per heavy atom. The maximum absolute atomic E-state index is 11.8. The van der Waals surface area contributed by atoms with E-state index in [0.29, 0.717) is 12.3 Å². The van der Waals surface area contributed by atoms with Crippen LogP contribution in [0.15, 0.2) is 105 Å². The first kappa shape index (κ1) is 23.2. The lowest BCUT2D eigenvalue weighted by molar-refractivity contribution is -0.146. The molecule has 0 saturated carbocycles. The van der Waals surface area contributed by atoms with Crippen LogP contribution in [-0.2, 0) is 9.53 Å². The van der Waals surface area contributed by atoms with E-state index in [9.17, 15) is 4.79 Å². The van der Waals surface area contributed by atoms with Gasteiger partial charge in [0.25, 0.3) is 0 Å². The zero-order chi connectivity index (χ0) is 22.1. The van der Waals surface area contributed by atoms with Crippen molar-refractivity contribution in [2.75, 3.05) is 0 Å². The van der Waals surface area contributed by atoms with E-state index in [1.807, 2.05) is 36.4 Å². The quantitative estimate of drug-likeness (QED) is 0.243. The van der Waals surface area contributed by atoms with Crippen LogP contribution in [-0.4, -0.2) is 5.97 Å². The Hall–Kier alpha value is -2.43. The molecule has 0 aliphatic heterocycles. The number of carbonyl (C=O) groups is 1. The van der Waals surface area contributed by atoms with Gasteiger partial charge in [0.2, 0.25) is 0 Å². The van der Waals surface area contributed by atoms with Gasteiger partial charge in [-0.05, 0) is 41.3 Å². The average Bonchev–Trinajstić information content (AvgIpc) is 2.77. The molecule has 0 spiro atoms. The number of hydrogen-bond acceptors (Lipinski definition) is 4. The van der Waals surface area contributed by atoms with Gasteiger partial charge in [0.15, 0.2) is 0 Å². The molecule has 0 N–H and O–H groups in total. The molecule has 160 valence electrons. The van der Waals surface area contributed by atoms with Crippen molar-refractivity contribution < 1.29 is 9.53 Å². The number of carbonyl (C=O) groups excluding carboxylic acids is 1. The third-order valence-electron chi connectivity index (χ3n) is 4.71. The molecule has 0 fully saturated rings. The minimum absolute atomic E-state index is 0.265. The zero-order valence-electron chi connectivity index (χ0n) is 18.2. The number of hydrogen-bond donors (Lipinski definition) is 0. The molecule has 0 aliphatic carbocycles. The largest absolute Gasteiger partial charge is 0.457 e. The third-order valence-corrected chi connectivity index (χ3v) is 6.96. The summed E-state index contributed by atoms with van der Waals surface area (Å²) in [6.07, 6.45) is 2.50. The summed E-state index contributed by atoms with van der Waals surface area (Å²) < 4.78 is 6.85. The molecular formula is C27H28O2S2. The van der Waals surface area contributed by atoms with E-state index in [1.54, 1.807) is 23.5 Å². The summed E-state index contributed by atoms with van der Waals surface area (Å²) in [5, 5.41) is 0. The maximum atomic E-state index is 11.8. The van der Waals surface area contributed by atoms with Crippen LogP contribution >= 0.6 is 23.5 Å². The van der Waals surface area contributed by atoms with Gasteiger partial charge in [0.1, 0.15) is 6.10 Å². The summed E-state index contributed by atoms with van der Waals surface area (Å²) in [5.74, 6) is 0.205. The second kappa shape index (κ2) is 11.8. The standard InChI is InChI=1S/C27H28O2S2/c1-20(2)22-14-16-23(17-15-22)26(29-21(3)28)18-19-27(30-24-10-6-4-7-11-24)31-25-12-8-5-9-13-25/h4-17,19-20,26H,18H2,1-3H3/t26-/m0/s1. The molecular weight excluding hydrogens is 420 g/mol. The monoisotopic (exact) mass is 448 g/mol. The normalized spacial score (nSPS) is 11.7. The van der Waals surface area contributed by atoms with Crippen LogP contribution in [0, 0.1) is 0 Å². The van der Waals surface area contributed by atoms with Gasteiger partial charge in [-0.15, -0.1) is 0 Å². The summed E-state index contributed by atoms with van der Waals surface area (Å²) in [6.45, 7) is 5.82. The predicted molar refractivity (Wildman–Crippen MR) is 132 cm³/mol. The van der Waals surface area contributed by atoms with Crippen molar-refractivity contribution in [3.05, 3.63) is 106 Å². The van der Waals surface area contributed by atoms with Crippen molar-refractivity contribution in [2.45, 2.75) is 49.0 Å². The summed E-state index contributed by atoms with van der Waals surface area (Å²) in [6, 6.07) is 29.1. The van der Waals surface area contributed by atoms with Gasteiger partial charge in [0.05, 0.1) is 0 Å². The van der Waals surface area contributed by atoms with E-state index in [1.165, 1.54) is 22.3 Å². The van der Waals surface area contributed by atoms with E-state index in [-0.39, 0.29) is 12.1 Å². The minimum atomic E-state index is -0.304. The Bertz CT molecular complexity index is 937. The molecule has 3 rings (SSSR count). The average molecular weight is 449 g/mol. The van der Waals surface area contributed by atoms with E-state index >= 15 is 0 Å². The predicted octanol–water partition coefficient (Wildman–Crippen LogP) is 8.23. The summed E-state index contributed by atoms with van der Waals surface area (Å²) in [7, 11) is 0. The van der Waals surface area contributed by atoms with Gasteiger partial charge in [-0.1, -0.05) is 104 Å². The van der Waals surface area contributed by atoms with Crippen LogP contribution < -0.4 is 0 Å². The van der Waals surface area contributed by atoms with E-state index in [4.69, 9.17) is 4.74 Å². The van der Waals surface area contributed by atoms with Crippen LogP contribution in [0.5, 0.6) is 0 Å². The molecule has 0 unspecified atom stereocenters. The number of benzene rings is 3. The van der Waals surface area contributed by atoms with Crippen molar-refractivity contribution in [1.82, 2.24) is 0 Å². The van der Waals surface area contributed by atoms with Crippen molar-refractivity contribution in [2.24, 2.45) is 0 Å². The summed E-state index contributed by atoms with van der Waals surface area (Å²) in [4.78, 5) is 14.1. The van der Waals surface area contributed by atoms with E-state index in [0.717, 1.165) is 9.80 Å².